The van der Waals surface area contributed by atoms with Gasteiger partial charge in [-0.2, -0.15) is 0 Å². The Kier molecular flexibility index (Phi) is 4.81. The molecule has 0 radical (unpaired) electrons. The smallest absolute Gasteiger partial charge is 0.303 e. The van der Waals surface area contributed by atoms with Crippen molar-refractivity contribution >= 4 is 5.97 Å². The molecule has 0 aromatic rings. The van der Waals surface area contributed by atoms with Crippen LogP contribution >= 0.6 is 0 Å². The number of rotatable bonds is 4. The summed E-state index contributed by atoms with van der Waals surface area (Å²) in [4.78, 5) is 10.5. The number of esters is 1. The lowest BCUT2D eigenvalue weighted by Gasteiger charge is -2.19. The largest absolute Gasteiger partial charge is 0.458 e. The van der Waals surface area contributed by atoms with E-state index in [4.69, 9.17) is 15.2 Å². The third-order valence-corrected chi connectivity index (χ3v) is 1.23. The van der Waals surface area contributed by atoms with Crippen molar-refractivity contribution in [3.63, 3.8) is 0 Å². The van der Waals surface area contributed by atoms with Gasteiger partial charge in [-0.25, -0.2) is 0 Å². The molecule has 0 rings (SSSR count). The molecule has 2 N–H and O–H groups in total. The molecule has 4 nitrogen and oxygen atoms in total. The molecule has 0 aliphatic heterocycles. The van der Waals surface area contributed by atoms with Crippen molar-refractivity contribution in [3.05, 3.63) is 0 Å². The first-order chi connectivity index (χ1) is 5.07. The van der Waals surface area contributed by atoms with Crippen LogP contribution in [-0.2, 0) is 14.3 Å². The van der Waals surface area contributed by atoms with Crippen molar-refractivity contribution in [2.75, 3.05) is 13.7 Å². The molecular formula is C7H15NO3. The average molecular weight is 161 g/mol. The number of ether oxygens (including phenoxy) is 2. The molecule has 0 saturated carbocycles. The quantitative estimate of drug-likeness (QED) is 0.585. The highest BCUT2D eigenvalue weighted by atomic mass is 16.6. The van der Waals surface area contributed by atoms with Crippen LogP contribution in [0, 0.1) is 0 Å². The zero-order chi connectivity index (χ0) is 8.85. The van der Waals surface area contributed by atoms with Crippen LogP contribution < -0.4 is 5.73 Å². The molecule has 0 aliphatic carbocycles. The first kappa shape index (κ1) is 10.4. The van der Waals surface area contributed by atoms with Gasteiger partial charge in [-0.05, 0) is 6.92 Å². The fraction of sp³-hybridized carbons (Fsp3) is 0.857. The summed E-state index contributed by atoms with van der Waals surface area (Å²) in [5.41, 5.74) is 5.51. The Labute approximate surface area is 66.7 Å². The SMILES string of the molecule is COCC(OC(C)=O)C(C)N. The molecule has 2 atom stereocenters. The number of hydrogen-bond donors (Lipinski definition) is 1. The zero-order valence-electron chi connectivity index (χ0n) is 7.16. The van der Waals surface area contributed by atoms with Gasteiger partial charge in [-0.1, -0.05) is 0 Å². The Balaban J connectivity index is 3.79. The van der Waals surface area contributed by atoms with E-state index >= 15 is 0 Å². The Morgan fingerprint density at radius 2 is 2.18 bits per heavy atom. The van der Waals surface area contributed by atoms with E-state index in [9.17, 15) is 4.79 Å². The van der Waals surface area contributed by atoms with Gasteiger partial charge in [-0.15, -0.1) is 0 Å². The summed E-state index contributed by atoms with van der Waals surface area (Å²) in [7, 11) is 1.54. The molecule has 11 heavy (non-hydrogen) atoms. The van der Waals surface area contributed by atoms with E-state index in [1.807, 2.05) is 0 Å². The number of methoxy groups -OCH3 is 1. The van der Waals surface area contributed by atoms with Gasteiger partial charge in [0.2, 0.25) is 0 Å². The van der Waals surface area contributed by atoms with Gasteiger partial charge < -0.3 is 15.2 Å². The molecule has 0 amide bonds. The third-order valence-electron chi connectivity index (χ3n) is 1.23. The van der Waals surface area contributed by atoms with Gasteiger partial charge in [0.25, 0.3) is 0 Å². The third kappa shape index (κ3) is 4.75. The van der Waals surface area contributed by atoms with Crippen molar-refractivity contribution < 1.29 is 14.3 Å². The van der Waals surface area contributed by atoms with E-state index in [0.29, 0.717) is 6.61 Å². The van der Waals surface area contributed by atoms with Crippen LogP contribution in [0.1, 0.15) is 13.8 Å². The molecule has 2 unspecified atom stereocenters. The molecule has 0 fully saturated rings. The summed E-state index contributed by atoms with van der Waals surface area (Å²) >= 11 is 0. The fourth-order valence-electron chi connectivity index (χ4n) is 0.671. The van der Waals surface area contributed by atoms with Crippen LogP contribution in [0.25, 0.3) is 0 Å². The Morgan fingerprint density at radius 3 is 2.45 bits per heavy atom. The molecule has 66 valence electrons. The van der Waals surface area contributed by atoms with Gasteiger partial charge in [0.05, 0.1) is 6.61 Å². The number of hydrogen-bond acceptors (Lipinski definition) is 4. The van der Waals surface area contributed by atoms with Crippen LogP contribution in [0.3, 0.4) is 0 Å². The summed E-state index contributed by atoms with van der Waals surface area (Å²) in [6.07, 6.45) is -0.336. The first-order valence-corrected chi connectivity index (χ1v) is 3.49. The molecule has 0 aliphatic rings. The maximum atomic E-state index is 10.5. The summed E-state index contributed by atoms with van der Waals surface area (Å²) in [5.74, 6) is -0.329. The van der Waals surface area contributed by atoms with Crippen LogP contribution in [0.15, 0.2) is 0 Å². The van der Waals surface area contributed by atoms with Crippen molar-refractivity contribution in [1.82, 2.24) is 0 Å². The van der Waals surface area contributed by atoms with Gasteiger partial charge in [0, 0.05) is 20.1 Å². The van der Waals surface area contributed by atoms with E-state index in [2.05, 4.69) is 0 Å². The first-order valence-electron chi connectivity index (χ1n) is 3.49. The minimum absolute atomic E-state index is 0.196. The van der Waals surface area contributed by atoms with Crippen molar-refractivity contribution in [1.29, 1.82) is 0 Å². The Morgan fingerprint density at radius 1 is 1.64 bits per heavy atom. The van der Waals surface area contributed by atoms with Crippen LogP contribution in [0.4, 0.5) is 0 Å². The second-order valence-electron chi connectivity index (χ2n) is 2.46. The highest BCUT2D eigenvalue weighted by Crippen LogP contribution is 1.97. The normalized spacial score (nSPS) is 15.6. The topological polar surface area (TPSA) is 61.5 Å². The number of carbonyl (C=O) groups excluding carboxylic acids is 1. The van der Waals surface area contributed by atoms with E-state index in [-0.39, 0.29) is 18.1 Å². The van der Waals surface area contributed by atoms with Gasteiger partial charge in [0.15, 0.2) is 0 Å². The van der Waals surface area contributed by atoms with Crippen molar-refractivity contribution in [2.45, 2.75) is 26.0 Å². The molecule has 0 aromatic carbocycles. The summed E-state index contributed by atoms with van der Waals surface area (Å²) in [5, 5.41) is 0. The number of carbonyl (C=O) groups is 1. The Hall–Kier alpha value is -0.610. The minimum atomic E-state index is -0.336. The van der Waals surface area contributed by atoms with Crippen LogP contribution in [0.2, 0.25) is 0 Å². The summed E-state index contributed by atoms with van der Waals surface area (Å²) in [6.45, 7) is 3.47. The maximum Gasteiger partial charge on any atom is 0.303 e. The lowest BCUT2D eigenvalue weighted by molar-refractivity contribution is -0.149. The molecule has 0 bridgehead atoms. The van der Waals surface area contributed by atoms with E-state index in [0.717, 1.165) is 0 Å². The molecule has 0 heterocycles. The molecule has 0 spiro atoms. The number of nitrogens with two attached hydrogens (primary N) is 1. The molecular weight excluding hydrogens is 146 g/mol. The average Bonchev–Trinajstić information content (AvgIpc) is 1.86. The molecule has 0 saturated heterocycles. The monoisotopic (exact) mass is 161 g/mol. The second kappa shape index (κ2) is 5.09. The van der Waals surface area contributed by atoms with Gasteiger partial charge in [0.1, 0.15) is 6.10 Å². The van der Waals surface area contributed by atoms with Crippen molar-refractivity contribution in [2.24, 2.45) is 5.73 Å². The van der Waals surface area contributed by atoms with Gasteiger partial charge >= 0.3 is 5.97 Å². The van der Waals surface area contributed by atoms with E-state index < -0.39 is 0 Å². The highest BCUT2D eigenvalue weighted by molar-refractivity contribution is 5.66. The molecule has 4 heteroatoms. The van der Waals surface area contributed by atoms with Crippen LogP contribution in [0.5, 0.6) is 0 Å². The summed E-state index contributed by atoms with van der Waals surface area (Å²) < 4.78 is 9.67. The lowest BCUT2D eigenvalue weighted by atomic mass is 10.2. The zero-order valence-corrected chi connectivity index (χ0v) is 7.16. The minimum Gasteiger partial charge on any atom is -0.458 e. The van der Waals surface area contributed by atoms with Gasteiger partial charge in [-0.3, -0.25) is 4.79 Å². The fourth-order valence-corrected chi connectivity index (χ4v) is 0.671. The maximum absolute atomic E-state index is 10.5. The predicted molar refractivity (Wildman–Crippen MR) is 41.1 cm³/mol. The lowest BCUT2D eigenvalue weighted by Crippen LogP contribution is -2.38. The van der Waals surface area contributed by atoms with Crippen LogP contribution in [-0.4, -0.2) is 31.8 Å². The van der Waals surface area contributed by atoms with E-state index in [1.54, 1.807) is 14.0 Å². The second-order valence-corrected chi connectivity index (χ2v) is 2.46. The van der Waals surface area contributed by atoms with E-state index in [1.165, 1.54) is 6.92 Å². The highest BCUT2D eigenvalue weighted by Gasteiger charge is 2.15. The standard InChI is InChI=1S/C7H15NO3/c1-5(8)7(4-10-3)11-6(2)9/h5,7H,4,8H2,1-3H3. The molecule has 0 aromatic heterocycles. The predicted octanol–water partition coefficient (Wildman–Crippen LogP) is -0.0883. The van der Waals surface area contributed by atoms with Crippen molar-refractivity contribution in [3.8, 4) is 0 Å². The summed E-state index contributed by atoms with van der Waals surface area (Å²) in [6, 6.07) is -0.196. The Bertz CT molecular complexity index is 125.